The fourth-order valence-corrected chi connectivity index (χ4v) is 6.00. The van der Waals surface area contributed by atoms with Gasteiger partial charge < -0.3 is 29.4 Å². The molecule has 0 aromatic rings. The molecule has 2 N–H and O–H groups in total. The van der Waals surface area contributed by atoms with Gasteiger partial charge in [-0.2, -0.15) is 0 Å². The van der Waals surface area contributed by atoms with E-state index in [1.165, 1.54) is 13.2 Å². The molecule has 2 bridgehead atoms. The highest BCUT2D eigenvalue weighted by Gasteiger charge is 2.74. The second-order valence-corrected chi connectivity index (χ2v) is 10.3. The molecule has 0 unspecified atom stereocenters. The van der Waals surface area contributed by atoms with E-state index in [2.05, 4.69) is 5.32 Å². The van der Waals surface area contributed by atoms with E-state index in [1.807, 2.05) is 19.9 Å². The van der Waals surface area contributed by atoms with E-state index >= 15 is 0 Å². The van der Waals surface area contributed by atoms with Crippen LogP contribution in [0.3, 0.4) is 0 Å². The van der Waals surface area contributed by atoms with E-state index in [4.69, 9.17) is 18.9 Å². The van der Waals surface area contributed by atoms with Crippen LogP contribution in [0.4, 0.5) is 0 Å². The van der Waals surface area contributed by atoms with E-state index in [-0.39, 0.29) is 36.2 Å². The predicted octanol–water partition coefficient (Wildman–Crippen LogP) is 1.69. The average molecular weight is 504 g/mol. The van der Waals surface area contributed by atoms with Crippen LogP contribution in [0.25, 0.3) is 0 Å². The summed E-state index contributed by atoms with van der Waals surface area (Å²) in [5, 5.41) is 12.6. The normalized spacial score (nSPS) is 40.8. The Bertz CT molecular complexity index is 1070. The van der Waals surface area contributed by atoms with Crippen molar-refractivity contribution in [2.24, 2.45) is 17.8 Å². The van der Waals surface area contributed by atoms with Gasteiger partial charge in [-0.3, -0.25) is 19.2 Å². The molecule has 0 saturated carbocycles. The highest BCUT2D eigenvalue weighted by atomic mass is 16.8. The van der Waals surface area contributed by atoms with Crippen LogP contribution in [0.2, 0.25) is 0 Å². The summed E-state index contributed by atoms with van der Waals surface area (Å²) >= 11 is 0. The van der Waals surface area contributed by atoms with E-state index < -0.39 is 59.0 Å². The zero-order chi connectivity index (χ0) is 26.6. The number of hydrogen-bond acceptors (Lipinski definition) is 9. The Balaban J connectivity index is 1.63. The van der Waals surface area contributed by atoms with Crippen molar-refractivity contribution in [2.45, 2.75) is 70.7 Å². The molecular formula is C26H33NO9. The van der Waals surface area contributed by atoms with Crippen LogP contribution in [-0.2, 0) is 38.1 Å². The Kier molecular flexibility index (Phi) is 6.74. The number of aliphatic hydroxyl groups excluding tert-OH is 1. The van der Waals surface area contributed by atoms with E-state index in [0.29, 0.717) is 0 Å². The topological polar surface area (TPSA) is 137 Å². The summed E-state index contributed by atoms with van der Waals surface area (Å²) < 4.78 is 24.0. The van der Waals surface area contributed by atoms with Gasteiger partial charge in [0.25, 0.3) is 5.91 Å². The number of carbonyl (C=O) groups is 4. The Morgan fingerprint density at radius 2 is 1.89 bits per heavy atom. The van der Waals surface area contributed by atoms with Crippen LogP contribution < -0.4 is 5.32 Å². The number of ketones is 2. The number of ether oxygens (including phenoxy) is 4. The first-order valence-corrected chi connectivity index (χ1v) is 12.1. The summed E-state index contributed by atoms with van der Waals surface area (Å²) in [6.45, 7) is 8.96. The molecule has 4 aliphatic heterocycles. The number of methoxy groups -OCH3 is 1. The molecule has 0 aliphatic carbocycles. The van der Waals surface area contributed by atoms with Crippen LogP contribution >= 0.6 is 0 Å². The lowest BCUT2D eigenvalue weighted by molar-refractivity contribution is -0.387. The van der Waals surface area contributed by atoms with Gasteiger partial charge >= 0.3 is 5.97 Å². The minimum absolute atomic E-state index is 0.0682. The number of nitrogens with one attached hydrogen (secondary N) is 1. The minimum atomic E-state index is -1.47. The number of hydrogen-bond donors (Lipinski definition) is 2. The van der Waals surface area contributed by atoms with Crippen LogP contribution in [0.15, 0.2) is 35.1 Å². The highest BCUT2D eigenvalue weighted by Crippen LogP contribution is 2.57. The van der Waals surface area contributed by atoms with Crippen LogP contribution in [0.5, 0.6) is 0 Å². The molecule has 4 saturated heterocycles. The molecule has 0 aromatic heterocycles. The summed E-state index contributed by atoms with van der Waals surface area (Å²) in [4.78, 5) is 49.4. The number of Topliss-reactive ketones (excluding diaryl/α,β-unsaturated/α-hetero) is 2. The molecule has 1 amide bonds. The standard InChI is InChI=1S/C26H33NO9/c1-12(7-8-16(28)19-18(30)11-27-23(19)31)9-13(2)21-14(3)22-17(29)10-25(5)26(35-21,36-22)20(15(4)34-25)24(32)33-6/h7-9,13-15,20-22,28H,10-11H2,1-6H3,(H,27,31)/b8-7+,12-9+,19-16-/t13-,14-,15-,20-,21-,22-,25+,26+/m1/s1. The molecule has 4 rings (SSSR count). The van der Waals surface area contributed by atoms with Crippen molar-refractivity contribution < 1.29 is 43.2 Å². The predicted molar refractivity (Wildman–Crippen MR) is 125 cm³/mol. The minimum Gasteiger partial charge on any atom is -0.507 e. The van der Waals surface area contributed by atoms with Crippen LogP contribution in [0, 0.1) is 17.8 Å². The summed E-state index contributed by atoms with van der Waals surface area (Å²) in [6.07, 6.45) is 3.03. The first-order chi connectivity index (χ1) is 16.8. The zero-order valence-electron chi connectivity index (χ0n) is 21.3. The Labute approximate surface area is 209 Å². The van der Waals surface area contributed by atoms with E-state index in [9.17, 15) is 24.3 Å². The Morgan fingerprint density at radius 1 is 1.19 bits per heavy atom. The van der Waals surface area contributed by atoms with Crippen molar-refractivity contribution in [1.82, 2.24) is 5.32 Å². The molecule has 10 nitrogen and oxygen atoms in total. The van der Waals surface area contributed by atoms with Gasteiger partial charge in [0, 0.05) is 18.3 Å². The second-order valence-electron chi connectivity index (χ2n) is 10.3. The number of allylic oxidation sites excluding steroid dienone is 3. The van der Waals surface area contributed by atoms with Gasteiger partial charge in [0.05, 0.1) is 25.9 Å². The molecule has 4 fully saturated rings. The highest BCUT2D eigenvalue weighted by molar-refractivity contribution is 6.25. The van der Waals surface area contributed by atoms with Crippen molar-refractivity contribution >= 4 is 23.4 Å². The van der Waals surface area contributed by atoms with Gasteiger partial charge in [-0.25, -0.2) is 0 Å². The number of amides is 1. The smallest absolute Gasteiger partial charge is 0.316 e. The molecule has 4 aliphatic rings. The maximum atomic E-state index is 13.1. The molecule has 4 heterocycles. The number of esters is 1. The maximum absolute atomic E-state index is 13.1. The van der Waals surface area contributed by atoms with Gasteiger partial charge in [0.2, 0.25) is 5.79 Å². The molecule has 10 heteroatoms. The number of carbonyl (C=O) groups excluding carboxylic acids is 4. The third-order valence-corrected chi connectivity index (χ3v) is 7.67. The van der Waals surface area contributed by atoms with E-state index in [0.717, 1.165) is 5.57 Å². The van der Waals surface area contributed by atoms with Crippen molar-refractivity contribution in [3.05, 3.63) is 35.1 Å². The largest absolute Gasteiger partial charge is 0.507 e. The Morgan fingerprint density at radius 3 is 2.50 bits per heavy atom. The van der Waals surface area contributed by atoms with Crippen LogP contribution in [-0.4, -0.2) is 71.9 Å². The van der Waals surface area contributed by atoms with Crippen LogP contribution in [0.1, 0.15) is 41.0 Å². The number of fused-ring (bicyclic) bond motifs is 1. The maximum Gasteiger partial charge on any atom is 0.316 e. The van der Waals surface area contributed by atoms with E-state index in [1.54, 1.807) is 26.8 Å². The lowest BCUT2D eigenvalue weighted by atomic mass is 9.73. The van der Waals surface area contributed by atoms with Gasteiger partial charge in [-0.1, -0.05) is 31.6 Å². The summed E-state index contributed by atoms with van der Waals surface area (Å²) in [5.41, 5.74) is -0.676. The number of aliphatic hydroxyl groups is 1. The molecule has 0 aromatic carbocycles. The fraction of sp³-hybridized carbons (Fsp3) is 0.615. The number of rotatable bonds is 5. The first-order valence-electron chi connectivity index (χ1n) is 12.1. The monoisotopic (exact) mass is 503 g/mol. The third-order valence-electron chi connectivity index (χ3n) is 7.67. The zero-order valence-corrected chi connectivity index (χ0v) is 21.3. The molecular weight excluding hydrogens is 470 g/mol. The second kappa shape index (κ2) is 9.24. The molecule has 196 valence electrons. The van der Waals surface area contributed by atoms with Crippen molar-refractivity contribution in [2.75, 3.05) is 13.7 Å². The van der Waals surface area contributed by atoms with Gasteiger partial charge in [0.1, 0.15) is 29.0 Å². The van der Waals surface area contributed by atoms with Crippen molar-refractivity contribution in [1.29, 1.82) is 0 Å². The lowest BCUT2D eigenvalue weighted by Crippen LogP contribution is -2.71. The average Bonchev–Trinajstić information content (AvgIpc) is 3.25. The van der Waals surface area contributed by atoms with Crippen molar-refractivity contribution in [3.8, 4) is 0 Å². The SMILES string of the molecule is COC(=O)[C@H]1[C@@H](C)O[C@@]2(C)CC(=O)[C@@H]3O[C@@]12O[C@H]([C@H](C)/C=C(C)/C=C/C(O)=C1\C(=O)CNC1=O)[C@H]3C. The van der Waals surface area contributed by atoms with Gasteiger partial charge in [-0.15, -0.1) is 0 Å². The summed E-state index contributed by atoms with van der Waals surface area (Å²) in [7, 11) is 1.30. The van der Waals surface area contributed by atoms with Gasteiger partial charge in [-0.05, 0) is 26.8 Å². The van der Waals surface area contributed by atoms with Crippen molar-refractivity contribution in [3.63, 3.8) is 0 Å². The summed E-state index contributed by atoms with van der Waals surface area (Å²) in [5.74, 6) is -4.97. The molecule has 1 spiro atoms. The molecule has 0 radical (unpaired) electrons. The first kappa shape index (κ1) is 26.2. The molecule has 36 heavy (non-hydrogen) atoms. The molecule has 8 atom stereocenters. The Hall–Kier alpha value is -2.82. The van der Waals surface area contributed by atoms with Gasteiger partial charge in [0.15, 0.2) is 11.6 Å². The lowest BCUT2D eigenvalue weighted by Gasteiger charge is -2.56. The third kappa shape index (κ3) is 4.01. The fourth-order valence-electron chi connectivity index (χ4n) is 6.00. The summed E-state index contributed by atoms with van der Waals surface area (Å²) in [6, 6.07) is 0. The quantitative estimate of drug-likeness (QED) is 0.189.